The smallest absolute Gasteiger partial charge is 0.225 e. The lowest BCUT2D eigenvalue weighted by Gasteiger charge is -2.26. The number of Topliss-reactive ketones (excluding diaryl/α,β-unsaturated/α-hetero) is 1. The van der Waals surface area contributed by atoms with Crippen molar-refractivity contribution >= 4 is 11.7 Å². The first-order valence-corrected chi connectivity index (χ1v) is 7.18. The van der Waals surface area contributed by atoms with E-state index in [0.717, 1.165) is 38.9 Å². The van der Waals surface area contributed by atoms with Gasteiger partial charge in [0, 0.05) is 24.9 Å². The minimum atomic E-state index is 0.0886. The van der Waals surface area contributed by atoms with Crippen molar-refractivity contribution in [3.05, 3.63) is 0 Å². The van der Waals surface area contributed by atoms with Crippen LogP contribution >= 0.6 is 0 Å². The number of nitrogens with zero attached hydrogens (tertiary/aromatic N) is 1. The van der Waals surface area contributed by atoms with Crippen LogP contribution in [0, 0.1) is 11.8 Å². The average molecular weight is 254 g/mol. The summed E-state index contributed by atoms with van der Waals surface area (Å²) in [5.41, 5.74) is 0. The fourth-order valence-corrected chi connectivity index (χ4v) is 2.62. The van der Waals surface area contributed by atoms with E-state index in [9.17, 15) is 9.59 Å². The van der Waals surface area contributed by atoms with Gasteiger partial charge in [-0.15, -0.1) is 0 Å². The Morgan fingerprint density at radius 2 is 1.67 bits per heavy atom. The molecule has 0 aromatic carbocycles. The second-order valence-corrected chi connectivity index (χ2v) is 4.90. The molecule has 4 nitrogen and oxygen atoms in total. The van der Waals surface area contributed by atoms with Gasteiger partial charge in [0.1, 0.15) is 5.78 Å². The van der Waals surface area contributed by atoms with Crippen molar-refractivity contribution in [3.63, 3.8) is 0 Å². The molecule has 2 rings (SSSR count). The third-order valence-electron chi connectivity index (χ3n) is 3.76. The first kappa shape index (κ1) is 15.2. The zero-order chi connectivity index (χ0) is 13.5. The number of amides is 1. The van der Waals surface area contributed by atoms with Crippen molar-refractivity contribution in [2.24, 2.45) is 11.8 Å². The summed E-state index contributed by atoms with van der Waals surface area (Å²) < 4.78 is 0. The van der Waals surface area contributed by atoms with Crippen LogP contribution in [0.5, 0.6) is 0 Å². The molecular formula is C14H26N2O2. The first-order valence-electron chi connectivity index (χ1n) is 7.18. The quantitative estimate of drug-likeness (QED) is 0.811. The molecule has 0 aliphatic carbocycles. The van der Waals surface area contributed by atoms with Crippen molar-refractivity contribution in [1.82, 2.24) is 10.2 Å². The van der Waals surface area contributed by atoms with Crippen LogP contribution in [0.15, 0.2) is 0 Å². The van der Waals surface area contributed by atoms with E-state index in [1.807, 2.05) is 18.7 Å². The molecule has 1 amide bonds. The predicted octanol–water partition coefficient (Wildman–Crippen LogP) is 1.45. The Morgan fingerprint density at radius 3 is 2.17 bits per heavy atom. The summed E-state index contributed by atoms with van der Waals surface area (Å²) in [5, 5.41) is 3.26. The number of rotatable bonds is 2. The second-order valence-electron chi connectivity index (χ2n) is 4.90. The van der Waals surface area contributed by atoms with Crippen LogP contribution in [0.3, 0.4) is 0 Å². The molecule has 0 aromatic heterocycles. The van der Waals surface area contributed by atoms with Gasteiger partial charge in [0.05, 0.1) is 0 Å². The van der Waals surface area contributed by atoms with Gasteiger partial charge in [0.25, 0.3) is 0 Å². The van der Waals surface area contributed by atoms with Gasteiger partial charge in [-0.3, -0.25) is 9.59 Å². The number of hydrogen-bond acceptors (Lipinski definition) is 3. The number of ketones is 1. The highest BCUT2D eigenvalue weighted by Crippen LogP contribution is 2.22. The molecule has 0 aromatic rings. The van der Waals surface area contributed by atoms with E-state index < -0.39 is 0 Å². The molecular weight excluding hydrogens is 228 g/mol. The zero-order valence-electron chi connectivity index (χ0n) is 11.9. The van der Waals surface area contributed by atoms with Crippen molar-refractivity contribution in [2.45, 2.75) is 40.0 Å². The number of carbonyl (C=O) groups is 2. The topological polar surface area (TPSA) is 49.4 Å². The lowest BCUT2D eigenvalue weighted by atomic mass is 9.96. The number of piperidine rings is 1. The second kappa shape index (κ2) is 7.52. The van der Waals surface area contributed by atoms with Gasteiger partial charge >= 0.3 is 0 Å². The van der Waals surface area contributed by atoms with E-state index in [-0.39, 0.29) is 23.5 Å². The van der Waals surface area contributed by atoms with E-state index in [1.54, 1.807) is 6.92 Å². The number of nitrogens with one attached hydrogen (secondary N) is 1. The molecule has 1 N–H and O–H groups in total. The fraction of sp³-hybridized carbons (Fsp3) is 0.857. The van der Waals surface area contributed by atoms with E-state index >= 15 is 0 Å². The van der Waals surface area contributed by atoms with Crippen molar-refractivity contribution < 1.29 is 9.59 Å². The maximum absolute atomic E-state index is 12.2. The SMILES string of the molecule is CC.CC(=O)C1CCN(C(=O)C2CCNCC2)C1. The standard InChI is InChI=1S/C12H20N2O2.C2H6/c1-9(15)11-4-7-14(8-11)12(16)10-2-5-13-6-3-10;1-2/h10-11,13H,2-8H2,1H3;1-2H3. The fourth-order valence-electron chi connectivity index (χ4n) is 2.62. The lowest BCUT2D eigenvalue weighted by Crippen LogP contribution is -2.40. The number of carbonyl (C=O) groups excluding carboxylic acids is 2. The van der Waals surface area contributed by atoms with E-state index in [1.165, 1.54) is 0 Å². The molecule has 0 spiro atoms. The highest BCUT2D eigenvalue weighted by Gasteiger charge is 2.32. The largest absolute Gasteiger partial charge is 0.342 e. The Hall–Kier alpha value is -0.900. The highest BCUT2D eigenvalue weighted by molar-refractivity contribution is 5.83. The molecule has 0 bridgehead atoms. The summed E-state index contributed by atoms with van der Waals surface area (Å²) in [7, 11) is 0. The van der Waals surface area contributed by atoms with Crippen molar-refractivity contribution in [3.8, 4) is 0 Å². The highest BCUT2D eigenvalue weighted by atomic mass is 16.2. The van der Waals surface area contributed by atoms with Gasteiger partial charge < -0.3 is 10.2 Å². The maximum atomic E-state index is 12.2. The van der Waals surface area contributed by atoms with Crippen LogP contribution in [0.25, 0.3) is 0 Å². The Morgan fingerprint density at radius 1 is 1.06 bits per heavy atom. The Balaban J connectivity index is 0.000000771. The first-order chi connectivity index (χ1) is 8.68. The molecule has 1 atom stereocenters. The van der Waals surface area contributed by atoms with E-state index in [0.29, 0.717) is 6.54 Å². The molecule has 2 saturated heterocycles. The van der Waals surface area contributed by atoms with Crippen LogP contribution in [0.2, 0.25) is 0 Å². The van der Waals surface area contributed by atoms with Crippen LogP contribution in [0.4, 0.5) is 0 Å². The normalized spacial score (nSPS) is 24.4. The molecule has 4 heteroatoms. The van der Waals surface area contributed by atoms with Crippen LogP contribution in [-0.2, 0) is 9.59 Å². The summed E-state index contributed by atoms with van der Waals surface area (Å²) in [5.74, 6) is 0.767. The number of hydrogen-bond donors (Lipinski definition) is 1. The summed E-state index contributed by atoms with van der Waals surface area (Å²) in [6.07, 6.45) is 2.74. The molecule has 2 fully saturated rings. The van der Waals surface area contributed by atoms with Crippen LogP contribution in [-0.4, -0.2) is 42.8 Å². The Labute approximate surface area is 110 Å². The molecule has 2 aliphatic rings. The van der Waals surface area contributed by atoms with E-state index in [4.69, 9.17) is 0 Å². The van der Waals surface area contributed by atoms with Gasteiger partial charge in [-0.1, -0.05) is 13.8 Å². The monoisotopic (exact) mass is 254 g/mol. The van der Waals surface area contributed by atoms with Gasteiger partial charge in [-0.05, 0) is 39.3 Å². The van der Waals surface area contributed by atoms with Gasteiger partial charge in [0.2, 0.25) is 5.91 Å². The third kappa shape index (κ3) is 3.80. The summed E-state index contributed by atoms with van der Waals surface area (Å²) >= 11 is 0. The summed E-state index contributed by atoms with van der Waals surface area (Å²) in [6, 6.07) is 0. The Bertz CT molecular complexity index is 286. The molecule has 1 unspecified atom stereocenters. The van der Waals surface area contributed by atoms with Gasteiger partial charge in [-0.25, -0.2) is 0 Å². The van der Waals surface area contributed by atoms with E-state index in [2.05, 4.69) is 5.32 Å². The van der Waals surface area contributed by atoms with Crippen molar-refractivity contribution in [1.29, 1.82) is 0 Å². The molecule has 2 heterocycles. The minimum Gasteiger partial charge on any atom is -0.342 e. The Kier molecular flexibility index (Phi) is 6.33. The third-order valence-corrected chi connectivity index (χ3v) is 3.76. The van der Waals surface area contributed by atoms with Gasteiger partial charge in [-0.2, -0.15) is 0 Å². The number of likely N-dealkylation sites (tertiary alicyclic amines) is 1. The predicted molar refractivity (Wildman–Crippen MR) is 72.3 cm³/mol. The summed E-state index contributed by atoms with van der Waals surface area (Å²) in [4.78, 5) is 25.3. The molecule has 18 heavy (non-hydrogen) atoms. The molecule has 2 aliphatic heterocycles. The summed E-state index contributed by atoms with van der Waals surface area (Å²) in [6.45, 7) is 8.94. The zero-order valence-corrected chi connectivity index (χ0v) is 11.9. The van der Waals surface area contributed by atoms with Crippen LogP contribution < -0.4 is 5.32 Å². The molecule has 104 valence electrons. The maximum Gasteiger partial charge on any atom is 0.225 e. The van der Waals surface area contributed by atoms with Crippen molar-refractivity contribution in [2.75, 3.05) is 26.2 Å². The lowest BCUT2D eigenvalue weighted by molar-refractivity contribution is -0.135. The molecule has 0 saturated carbocycles. The van der Waals surface area contributed by atoms with Gasteiger partial charge in [0.15, 0.2) is 0 Å². The van der Waals surface area contributed by atoms with Crippen LogP contribution in [0.1, 0.15) is 40.0 Å². The molecule has 0 radical (unpaired) electrons. The minimum absolute atomic E-state index is 0.0886. The average Bonchev–Trinajstić information content (AvgIpc) is 2.91.